The van der Waals surface area contributed by atoms with E-state index in [0.29, 0.717) is 53.5 Å². The smallest absolute Gasteiger partial charge is 0.242 e. The molecule has 4 heterocycles. The van der Waals surface area contributed by atoms with Gasteiger partial charge in [0, 0.05) is 56.1 Å². The predicted molar refractivity (Wildman–Crippen MR) is 169 cm³/mol. The van der Waals surface area contributed by atoms with Crippen LogP contribution in [0.5, 0.6) is 0 Å². The van der Waals surface area contributed by atoms with Gasteiger partial charge in [0.05, 0.1) is 10.9 Å². The van der Waals surface area contributed by atoms with Gasteiger partial charge < -0.3 is 24.9 Å². The molecule has 3 aliphatic rings. The van der Waals surface area contributed by atoms with Crippen LogP contribution in [-0.4, -0.2) is 125 Å². The van der Waals surface area contributed by atoms with Gasteiger partial charge in [-0.3, -0.25) is 14.6 Å². The van der Waals surface area contributed by atoms with Crippen LogP contribution >= 0.6 is 22.9 Å². The lowest BCUT2D eigenvalue weighted by atomic mass is 9.84. The maximum absolute atomic E-state index is 13.4. The Labute approximate surface area is 259 Å². The molecule has 0 saturated carbocycles. The summed E-state index contributed by atoms with van der Waals surface area (Å²) in [6.07, 6.45) is 4.56. The fraction of sp³-hybridized carbons (Fsp3) is 0.679. The molecule has 11 nitrogen and oxygen atoms in total. The molecule has 0 radical (unpaired) electrons. The highest BCUT2D eigenvalue weighted by atomic mass is 35.5. The first-order chi connectivity index (χ1) is 20.0. The number of thiophene rings is 1. The standard InChI is InChI=1S/C28H44ClN7O4S2/c1-4-30-28(31-11-6-12-33(2)3)36-18-21-15-22(19-36)17-35(16-21)26(37)20-34-13-5-7-24(27(34)38)32-42(39,40)14-10-23-8-9-25(29)41-23/h8-10,14,21-22,24,32H,4-7,11-13,15-20H2,1-3H3,(H,30,31)/t21?,22?,24-/m0/s1. The van der Waals surface area contributed by atoms with Gasteiger partial charge >= 0.3 is 0 Å². The van der Waals surface area contributed by atoms with E-state index in [0.717, 1.165) is 56.9 Å². The molecule has 0 aliphatic carbocycles. The fourth-order valence-corrected chi connectivity index (χ4v) is 8.01. The van der Waals surface area contributed by atoms with Gasteiger partial charge in [-0.1, -0.05) is 11.6 Å². The first kappa shape index (κ1) is 32.7. The molecule has 2 unspecified atom stereocenters. The largest absolute Gasteiger partial charge is 0.357 e. The summed E-state index contributed by atoms with van der Waals surface area (Å²) in [4.78, 5) is 40.0. The number of carbonyl (C=O) groups is 2. The summed E-state index contributed by atoms with van der Waals surface area (Å²) in [6.45, 7) is 8.08. The Morgan fingerprint density at radius 3 is 2.55 bits per heavy atom. The highest BCUT2D eigenvalue weighted by Crippen LogP contribution is 2.29. The van der Waals surface area contributed by atoms with E-state index in [1.165, 1.54) is 22.3 Å². The van der Waals surface area contributed by atoms with Crippen LogP contribution in [0.2, 0.25) is 4.34 Å². The van der Waals surface area contributed by atoms with Gasteiger partial charge in [0.1, 0.15) is 6.04 Å². The second-order valence-corrected chi connectivity index (χ2v) is 15.0. The minimum atomic E-state index is -3.85. The molecule has 14 heteroatoms. The summed E-state index contributed by atoms with van der Waals surface area (Å²) < 4.78 is 28.3. The molecule has 3 fully saturated rings. The number of fused-ring (bicyclic) bond motifs is 2. The molecule has 2 N–H and O–H groups in total. The number of nitrogens with one attached hydrogen (secondary N) is 2. The summed E-state index contributed by atoms with van der Waals surface area (Å²) >= 11 is 7.18. The second kappa shape index (κ2) is 15.0. The van der Waals surface area contributed by atoms with Crippen molar-refractivity contribution < 1.29 is 18.0 Å². The van der Waals surface area contributed by atoms with E-state index in [1.54, 1.807) is 12.1 Å². The topological polar surface area (TPSA) is 118 Å². The number of aliphatic imine (C=N–C) groups is 1. The number of hydrogen-bond acceptors (Lipinski definition) is 7. The van der Waals surface area contributed by atoms with Gasteiger partial charge in [-0.2, -0.15) is 4.72 Å². The minimum absolute atomic E-state index is 0.0281. The number of carbonyl (C=O) groups excluding carboxylic acids is 2. The Morgan fingerprint density at radius 2 is 1.90 bits per heavy atom. The molecule has 3 atom stereocenters. The normalized spacial score (nSPS) is 23.7. The molecule has 4 rings (SSSR count). The van der Waals surface area contributed by atoms with Crippen LogP contribution in [0.4, 0.5) is 0 Å². The molecule has 0 aromatic carbocycles. The van der Waals surface area contributed by atoms with E-state index in [-0.39, 0.29) is 18.4 Å². The predicted octanol–water partition coefficient (Wildman–Crippen LogP) is 1.98. The number of nitrogens with zero attached hydrogens (tertiary/aromatic N) is 5. The molecular formula is C28H44ClN7O4S2. The number of piperidine rings is 3. The quantitative estimate of drug-likeness (QED) is 0.216. The first-order valence-corrected chi connectivity index (χ1v) is 17.5. The third kappa shape index (κ3) is 9.40. The van der Waals surface area contributed by atoms with Crippen molar-refractivity contribution in [3.8, 4) is 0 Å². The van der Waals surface area contributed by atoms with Crippen LogP contribution in [0.1, 0.15) is 37.5 Å². The van der Waals surface area contributed by atoms with Crippen LogP contribution in [-0.2, 0) is 19.6 Å². The fourth-order valence-electron chi connectivity index (χ4n) is 5.94. The molecule has 1 aromatic rings. The number of amides is 2. The van der Waals surface area contributed by atoms with Crippen LogP contribution in [0, 0.1) is 11.8 Å². The zero-order valence-corrected chi connectivity index (χ0v) is 27.2. The van der Waals surface area contributed by atoms with E-state index in [1.807, 2.05) is 4.90 Å². The monoisotopic (exact) mass is 641 g/mol. The number of hydrogen-bond donors (Lipinski definition) is 2. The number of guanidine groups is 1. The number of sulfonamides is 1. The lowest BCUT2D eigenvalue weighted by Crippen LogP contribution is -2.59. The van der Waals surface area contributed by atoms with Crippen molar-refractivity contribution >= 4 is 56.8 Å². The maximum Gasteiger partial charge on any atom is 0.242 e. The van der Waals surface area contributed by atoms with Gasteiger partial charge in [-0.05, 0) is 83.3 Å². The second-order valence-electron chi connectivity index (χ2n) is 11.6. The molecule has 3 saturated heterocycles. The third-order valence-corrected chi connectivity index (χ3v) is 10.1. The molecule has 0 spiro atoms. The Bertz CT molecular complexity index is 1240. The van der Waals surface area contributed by atoms with E-state index in [4.69, 9.17) is 16.6 Å². The van der Waals surface area contributed by atoms with E-state index >= 15 is 0 Å². The van der Waals surface area contributed by atoms with Crippen molar-refractivity contribution in [2.75, 3.05) is 73.0 Å². The lowest BCUT2D eigenvalue weighted by molar-refractivity contribution is -0.145. The Morgan fingerprint density at radius 1 is 1.19 bits per heavy atom. The molecule has 3 aliphatic heterocycles. The van der Waals surface area contributed by atoms with Crippen molar-refractivity contribution in [3.63, 3.8) is 0 Å². The first-order valence-electron chi connectivity index (χ1n) is 14.7. The van der Waals surface area contributed by atoms with E-state index < -0.39 is 16.1 Å². The van der Waals surface area contributed by atoms with Crippen molar-refractivity contribution in [1.82, 2.24) is 29.6 Å². The molecule has 234 valence electrons. The Hall–Kier alpha value is -2.19. The highest BCUT2D eigenvalue weighted by Gasteiger charge is 2.38. The summed E-state index contributed by atoms with van der Waals surface area (Å²) in [5.41, 5.74) is 0. The number of halogens is 1. The highest BCUT2D eigenvalue weighted by molar-refractivity contribution is 7.92. The molecular weight excluding hydrogens is 598 g/mol. The summed E-state index contributed by atoms with van der Waals surface area (Å²) in [5, 5.41) is 4.49. The Kier molecular flexibility index (Phi) is 11.7. The van der Waals surface area contributed by atoms with Gasteiger partial charge in [0.15, 0.2) is 5.96 Å². The summed E-state index contributed by atoms with van der Waals surface area (Å²) in [7, 11) is 0.290. The summed E-state index contributed by atoms with van der Waals surface area (Å²) in [5.74, 6) is 1.21. The van der Waals surface area contributed by atoms with Crippen LogP contribution < -0.4 is 10.0 Å². The maximum atomic E-state index is 13.4. The minimum Gasteiger partial charge on any atom is -0.357 e. The number of likely N-dealkylation sites (tertiary alicyclic amines) is 3. The van der Waals surface area contributed by atoms with Crippen molar-refractivity contribution in [2.24, 2.45) is 16.8 Å². The van der Waals surface area contributed by atoms with Crippen LogP contribution in [0.3, 0.4) is 0 Å². The zero-order valence-electron chi connectivity index (χ0n) is 24.8. The zero-order chi connectivity index (χ0) is 30.3. The van der Waals surface area contributed by atoms with Crippen molar-refractivity contribution in [3.05, 3.63) is 26.8 Å². The van der Waals surface area contributed by atoms with Crippen LogP contribution in [0.15, 0.2) is 22.5 Å². The van der Waals surface area contributed by atoms with E-state index in [9.17, 15) is 18.0 Å². The Balaban J connectivity index is 1.29. The molecule has 42 heavy (non-hydrogen) atoms. The molecule has 2 amide bonds. The van der Waals surface area contributed by atoms with Gasteiger partial charge in [-0.15, -0.1) is 11.3 Å². The van der Waals surface area contributed by atoms with Crippen LogP contribution in [0.25, 0.3) is 6.08 Å². The lowest BCUT2D eigenvalue weighted by Gasteiger charge is -2.47. The third-order valence-electron chi connectivity index (χ3n) is 7.76. The van der Waals surface area contributed by atoms with Gasteiger partial charge in [-0.25, -0.2) is 8.42 Å². The number of rotatable bonds is 11. The van der Waals surface area contributed by atoms with Crippen molar-refractivity contribution in [2.45, 2.75) is 38.6 Å². The molecule has 1 aromatic heterocycles. The molecule has 2 bridgehead atoms. The average Bonchev–Trinajstić information content (AvgIpc) is 3.35. The summed E-state index contributed by atoms with van der Waals surface area (Å²) in [6, 6.07) is 2.54. The van der Waals surface area contributed by atoms with Crippen molar-refractivity contribution in [1.29, 1.82) is 0 Å². The average molecular weight is 642 g/mol. The van der Waals surface area contributed by atoms with Gasteiger partial charge in [0.2, 0.25) is 21.8 Å². The van der Waals surface area contributed by atoms with E-state index in [2.05, 4.69) is 40.9 Å². The van der Waals surface area contributed by atoms with Gasteiger partial charge in [0.25, 0.3) is 0 Å². The SMILES string of the molecule is CCNC(=NCCCN(C)C)N1CC2CC(CN(C(=O)CN3CCC[C@H](NS(=O)(=O)C=Cc4ccc(Cl)s4)C3=O)C2)C1.